The highest BCUT2D eigenvalue weighted by atomic mass is 15.1. The summed E-state index contributed by atoms with van der Waals surface area (Å²) in [6.07, 6.45) is 0. The Labute approximate surface area is 258 Å². The standard InChI is InChI=1S/C41H31BN2/c1-24-22-29-38-35(21-20-31-37(38)28-14-6-8-16-30(28)41(31,3)4)44(33-18-9-5-12-25(33)2)42-32-17-11-15-27-26-13-7-10-19-34(26)43(40(27)32)36(23-24)39(29)42/h5-23H,1-4H3. The average molecular weight is 563 g/mol. The third-order valence-corrected chi connectivity index (χ3v) is 10.7. The number of anilines is 2. The molecule has 44 heavy (non-hydrogen) atoms. The number of aromatic nitrogens is 1. The molecule has 0 bridgehead atoms. The molecule has 7 aromatic rings. The zero-order valence-corrected chi connectivity index (χ0v) is 25.4. The lowest BCUT2D eigenvalue weighted by atomic mass is 9.43. The van der Waals surface area contributed by atoms with Crippen molar-refractivity contribution in [1.82, 2.24) is 4.57 Å². The topological polar surface area (TPSA) is 8.17 Å². The van der Waals surface area contributed by atoms with E-state index in [9.17, 15) is 0 Å². The van der Waals surface area contributed by atoms with Crippen LogP contribution in [0.3, 0.4) is 0 Å². The van der Waals surface area contributed by atoms with Gasteiger partial charge in [0.1, 0.15) is 0 Å². The van der Waals surface area contributed by atoms with Crippen LogP contribution in [0.15, 0.2) is 115 Å². The van der Waals surface area contributed by atoms with Crippen LogP contribution in [0.5, 0.6) is 0 Å². The van der Waals surface area contributed by atoms with Gasteiger partial charge in [0.25, 0.3) is 0 Å². The van der Waals surface area contributed by atoms with Crippen molar-refractivity contribution >= 4 is 51.0 Å². The van der Waals surface area contributed by atoms with Gasteiger partial charge in [0.2, 0.25) is 0 Å². The Balaban J connectivity index is 1.44. The quantitative estimate of drug-likeness (QED) is 0.181. The van der Waals surface area contributed by atoms with E-state index in [-0.39, 0.29) is 12.3 Å². The number of rotatable bonds is 1. The molecule has 0 saturated carbocycles. The summed E-state index contributed by atoms with van der Waals surface area (Å²) in [7, 11) is 0. The van der Waals surface area contributed by atoms with Crippen LogP contribution < -0.4 is 15.7 Å². The average Bonchev–Trinajstić information content (AvgIpc) is 3.50. The van der Waals surface area contributed by atoms with Gasteiger partial charge < -0.3 is 9.38 Å². The highest BCUT2D eigenvalue weighted by molar-refractivity contribution is 6.93. The molecule has 3 heteroatoms. The van der Waals surface area contributed by atoms with Crippen LogP contribution in [0.1, 0.15) is 36.1 Å². The van der Waals surface area contributed by atoms with E-state index in [1.807, 2.05) is 0 Å². The van der Waals surface area contributed by atoms with Crippen LogP contribution in [-0.4, -0.2) is 11.4 Å². The van der Waals surface area contributed by atoms with E-state index in [1.54, 1.807) is 0 Å². The maximum absolute atomic E-state index is 2.66. The van der Waals surface area contributed by atoms with E-state index in [4.69, 9.17) is 0 Å². The SMILES string of the molecule is Cc1cc2c3c(c1)-n1c4ccccc4c4cccc(c41)B3N(c1ccccc1C)c1ccc3c(c1-2)-c1ccccc1C3(C)C. The fourth-order valence-corrected chi connectivity index (χ4v) is 8.90. The summed E-state index contributed by atoms with van der Waals surface area (Å²) in [6.45, 7) is 9.35. The van der Waals surface area contributed by atoms with E-state index in [2.05, 4.69) is 152 Å². The van der Waals surface area contributed by atoms with Crippen molar-refractivity contribution in [3.8, 4) is 27.9 Å². The summed E-state index contributed by atoms with van der Waals surface area (Å²) in [5.74, 6) is 0. The predicted molar refractivity (Wildman–Crippen MR) is 187 cm³/mol. The van der Waals surface area contributed by atoms with Crippen LogP contribution in [-0.2, 0) is 5.41 Å². The minimum Gasteiger partial charge on any atom is -0.376 e. The molecule has 2 nitrogen and oxygen atoms in total. The van der Waals surface area contributed by atoms with Gasteiger partial charge in [-0.3, -0.25) is 0 Å². The summed E-state index contributed by atoms with van der Waals surface area (Å²) in [5.41, 5.74) is 20.1. The molecular formula is C41H31BN2. The van der Waals surface area contributed by atoms with Crippen molar-refractivity contribution in [2.24, 2.45) is 0 Å². The van der Waals surface area contributed by atoms with Crippen molar-refractivity contribution in [2.45, 2.75) is 33.1 Å². The summed E-state index contributed by atoms with van der Waals surface area (Å²) < 4.78 is 2.56. The molecule has 0 saturated heterocycles. The Morgan fingerprint density at radius 1 is 0.591 bits per heavy atom. The molecule has 208 valence electrons. The van der Waals surface area contributed by atoms with E-state index in [0.717, 1.165) is 0 Å². The molecule has 0 unspecified atom stereocenters. The summed E-state index contributed by atoms with van der Waals surface area (Å²) in [6, 6.07) is 43.6. The lowest BCUT2D eigenvalue weighted by molar-refractivity contribution is 0.660. The number of hydrogen-bond donors (Lipinski definition) is 0. The number of nitrogens with zero attached hydrogens (tertiary/aromatic N) is 2. The van der Waals surface area contributed by atoms with Gasteiger partial charge in [0, 0.05) is 38.8 Å². The van der Waals surface area contributed by atoms with Gasteiger partial charge in [-0.2, -0.15) is 0 Å². The summed E-state index contributed by atoms with van der Waals surface area (Å²) >= 11 is 0. The summed E-state index contributed by atoms with van der Waals surface area (Å²) in [4.78, 5) is 2.66. The second-order valence-corrected chi connectivity index (χ2v) is 13.5. The molecule has 0 atom stereocenters. The second-order valence-electron chi connectivity index (χ2n) is 13.5. The Morgan fingerprint density at radius 3 is 2.25 bits per heavy atom. The van der Waals surface area contributed by atoms with Crippen molar-refractivity contribution in [1.29, 1.82) is 0 Å². The lowest BCUT2D eigenvalue weighted by Crippen LogP contribution is -2.60. The first-order valence-corrected chi connectivity index (χ1v) is 15.7. The molecule has 10 rings (SSSR count). The van der Waals surface area contributed by atoms with E-state index in [0.29, 0.717) is 0 Å². The van der Waals surface area contributed by atoms with Crippen LogP contribution in [0.2, 0.25) is 0 Å². The fraction of sp³-hybridized carbons (Fsp3) is 0.122. The van der Waals surface area contributed by atoms with Crippen LogP contribution >= 0.6 is 0 Å². The van der Waals surface area contributed by atoms with Gasteiger partial charge in [0.05, 0.1) is 11.0 Å². The molecule has 0 radical (unpaired) electrons. The Hall–Kier alpha value is -5.02. The first-order chi connectivity index (χ1) is 21.4. The Morgan fingerprint density at radius 2 is 1.36 bits per heavy atom. The first-order valence-electron chi connectivity index (χ1n) is 15.7. The second kappa shape index (κ2) is 8.12. The molecule has 6 aromatic carbocycles. The van der Waals surface area contributed by atoms with Crippen molar-refractivity contribution in [2.75, 3.05) is 4.81 Å². The van der Waals surface area contributed by atoms with Gasteiger partial charge in [-0.1, -0.05) is 105 Å². The third kappa shape index (κ3) is 2.79. The van der Waals surface area contributed by atoms with E-state index in [1.165, 1.54) is 94.3 Å². The number of aryl methyl sites for hydroxylation is 2. The molecule has 0 fully saturated rings. The molecule has 0 spiro atoms. The van der Waals surface area contributed by atoms with Gasteiger partial charge in [-0.15, -0.1) is 0 Å². The number of para-hydroxylation sites is 3. The number of fused-ring (bicyclic) bond motifs is 11. The number of benzene rings is 6. The van der Waals surface area contributed by atoms with Gasteiger partial charge in [-0.05, 0) is 88.0 Å². The molecule has 1 aliphatic carbocycles. The largest absolute Gasteiger partial charge is 0.376 e. The van der Waals surface area contributed by atoms with Gasteiger partial charge >= 0.3 is 6.85 Å². The Bertz CT molecular complexity index is 2410. The van der Waals surface area contributed by atoms with Crippen LogP contribution in [0.25, 0.3) is 49.7 Å². The van der Waals surface area contributed by atoms with Crippen molar-refractivity contribution < 1.29 is 0 Å². The maximum atomic E-state index is 2.66. The maximum Gasteiger partial charge on any atom is 0.333 e. The van der Waals surface area contributed by atoms with Crippen LogP contribution in [0.4, 0.5) is 11.4 Å². The lowest BCUT2D eigenvalue weighted by Gasteiger charge is -2.43. The summed E-state index contributed by atoms with van der Waals surface area (Å²) in [5, 5.41) is 2.64. The van der Waals surface area contributed by atoms with E-state index < -0.39 is 0 Å². The molecule has 1 aromatic heterocycles. The Kier molecular flexibility index (Phi) is 4.51. The predicted octanol–water partition coefficient (Wildman–Crippen LogP) is 8.94. The normalized spacial score (nSPS) is 14.9. The van der Waals surface area contributed by atoms with Gasteiger partial charge in [-0.25, -0.2) is 0 Å². The minimum absolute atomic E-state index is 0.0532. The molecule has 0 N–H and O–H groups in total. The highest BCUT2D eigenvalue weighted by Crippen LogP contribution is 2.56. The van der Waals surface area contributed by atoms with Crippen molar-refractivity contribution in [3.63, 3.8) is 0 Å². The van der Waals surface area contributed by atoms with E-state index >= 15 is 0 Å². The molecular weight excluding hydrogens is 531 g/mol. The zero-order chi connectivity index (χ0) is 29.5. The molecule has 2 aliphatic heterocycles. The monoisotopic (exact) mass is 562 g/mol. The molecule has 3 heterocycles. The van der Waals surface area contributed by atoms with Gasteiger partial charge in [0.15, 0.2) is 0 Å². The smallest absolute Gasteiger partial charge is 0.333 e. The molecule has 0 amide bonds. The minimum atomic E-state index is -0.0649. The third-order valence-electron chi connectivity index (χ3n) is 10.7. The fourth-order valence-electron chi connectivity index (χ4n) is 8.90. The molecule has 3 aliphatic rings. The zero-order valence-electron chi connectivity index (χ0n) is 25.4. The highest BCUT2D eigenvalue weighted by Gasteiger charge is 2.47. The first kappa shape index (κ1) is 24.4. The van der Waals surface area contributed by atoms with Crippen LogP contribution in [0, 0.1) is 13.8 Å². The number of hydrogen-bond acceptors (Lipinski definition) is 1. The van der Waals surface area contributed by atoms with Crippen molar-refractivity contribution in [3.05, 3.63) is 138 Å².